The predicted molar refractivity (Wildman–Crippen MR) is 250 cm³/mol. The number of hydrogen-bond acceptors (Lipinski definition) is 15. The van der Waals surface area contributed by atoms with Crippen LogP contribution < -0.4 is 31.9 Å². The van der Waals surface area contributed by atoms with Crippen LogP contribution in [0.2, 0.25) is 10.0 Å². The molecule has 5 rings (SSSR count). The van der Waals surface area contributed by atoms with E-state index in [9.17, 15) is 33.6 Å². The topological polar surface area (TPSA) is 259 Å². The summed E-state index contributed by atoms with van der Waals surface area (Å²) < 4.78 is 29.2. The molecular weight excluding hydrogens is 929 g/mol. The number of rotatable bonds is 29. The first kappa shape index (κ1) is 53.4. The van der Waals surface area contributed by atoms with Gasteiger partial charge in [-0.3, -0.25) is 43.6 Å². The van der Waals surface area contributed by atoms with Crippen molar-refractivity contribution in [2.45, 2.75) is 50.7 Å². The van der Waals surface area contributed by atoms with E-state index in [0.717, 1.165) is 25.9 Å². The van der Waals surface area contributed by atoms with Crippen LogP contribution in [0.25, 0.3) is 0 Å². The van der Waals surface area contributed by atoms with Gasteiger partial charge in [0.2, 0.25) is 17.7 Å². The predicted octanol–water partition coefficient (Wildman–Crippen LogP) is 2.32. The van der Waals surface area contributed by atoms with Crippen molar-refractivity contribution in [3.8, 4) is 0 Å². The second kappa shape index (κ2) is 28.7. The molecule has 0 radical (unpaired) electrons. The molecular formula is C45H59Cl2N9O12. The molecule has 0 spiro atoms. The summed E-state index contributed by atoms with van der Waals surface area (Å²) in [6.45, 7) is 5.61. The van der Waals surface area contributed by atoms with E-state index in [2.05, 4.69) is 37.0 Å². The highest BCUT2D eigenvalue weighted by Gasteiger charge is 2.33. The minimum atomic E-state index is -0.810. The lowest BCUT2D eigenvalue weighted by molar-refractivity contribution is -0.136. The van der Waals surface area contributed by atoms with E-state index in [0.29, 0.717) is 78.0 Å². The van der Waals surface area contributed by atoms with Crippen LogP contribution in [-0.2, 0) is 44.6 Å². The number of nitrogens with zero attached hydrogens (tertiary/aromatic N) is 3. The van der Waals surface area contributed by atoms with Crippen LogP contribution in [0.15, 0.2) is 42.6 Å². The Morgan fingerprint density at radius 2 is 1.43 bits per heavy atom. The highest BCUT2D eigenvalue weighted by Crippen LogP contribution is 2.26. The summed E-state index contributed by atoms with van der Waals surface area (Å²) in [5.41, 5.74) is 1.03. The lowest BCUT2D eigenvalue weighted by atomic mass is 10.0. The minimum Gasteiger partial charge on any atom is -0.382 e. The second-order valence-corrected chi connectivity index (χ2v) is 16.4. The number of carbonyl (C=O) groups is 7. The monoisotopic (exact) mass is 987 g/mol. The Bertz CT molecular complexity index is 2170. The van der Waals surface area contributed by atoms with Gasteiger partial charge in [0, 0.05) is 50.9 Å². The number of amides is 6. The maximum absolute atomic E-state index is 13.3. The molecule has 21 nitrogen and oxygen atoms in total. The molecule has 2 aliphatic rings. The molecule has 0 saturated carbocycles. The molecule has 6 amide bonds. The van der Waals surface area contributed by atoms with Crippen molar-refractivity contribution < 1.29 is 57.2 Å². The van der Waals surface area contributed by atoms with E-state index in [1.54, 1.807) is 30.3 Å². The quantitative estimate of drug-likeness (QED) is 0.0332. The number of piperidine rings is 2. The second-order valence-electron chi connectivity index (χ2n) is 15.6. The van der Waals surface area contributed by atoms with Crippen LogP contribution in [0.1, 0.15) is 73.7 Å². The van der Waals surface area contributed by atoms with Gasteiger partial charge in [0.25, 0.3) is 17.7 Å². The molecule has 2 aliphatic heterocycles. The largest absolute Gasteiger partial charge is 0.382 e. The lowest BCUT2D eigenvalue weighted by Gasteiger charge is -2.30. The van der Waals surface area contributed by atoms with Crippen LogP contribution in [0, 0.1) is 0 Å². The molecule has 3 aromatic rings. The first-order chi connectivity index (χ1) is 33.0. The fourth-order valence-corrected chi connectivity index (χ4v) is 7.70. The summed E-state index contributed by atoms with van der Waals surface area (Å²) >= 11 is 12.5. The fraction of sp³-hybridized carbons (Fsp3) is 0.511. The molecule has 2 aromatic carbocycles. The summed E-state index contributed by atoms with van der Waals surface area (Å²) in [6, 6.07) is 8.69. The Morgan fingerprint density at radius 1 is 0.809 bits per heavy atom. The number of aldehydes is 1. The number of likely N-dealkylation sites (N-methyl/N-ethyl adjacent to an activating group) is 1. The Labute approximate surface area is 403 Å². The number of hydrogen-bond donors (Lipinski definition) is 6. The zero-order valence-electron chi connectivity index (χ0n) is 37.9. The molecule has 0 bridgehead atoms. The number of imide groups is 1. The molecule has 2 fully saturated rings. The van der Waals surface area contributed by atoms with Gasteiger partial charge >= 0.3 is 0 Å². The third kappa shape index (κ3) is 16.9. The van der Waals surface area contributed by atoms with Crippen LogP contribution in [0.5, 0.6) is 0 Å². The van der Waals surface area contributed by atoms with Gasteiger partial charge < -0.3 is 55.2 Å². The lowest BCUT2D eigenvalue weighted by Crippen LogP contribution is -2.53. The van der Waals surface area contributed by atoms with E-state index in [4.69, 9.17) is 46.9 Å². The van der Waals surface area contributed by atoms with Crippen LogP contribution in [0.3, 0.4) is 0 Å². The fourth-order valence-electron chi connectivity index (χ4n) is 7.13. The summed E-state index contributed by atoms with van der Waals surface area (Å²) in [5.74, 6) is -2.69. The van der Waals surface area contributed by atoms with Crippen molar-refractivity contribution in [3.63, 3.8) is 0 Å². The van der Waals surface area contributed by atoms with Crippen molar-refractivity contribution in [2.24, 2.45) is 0 Å². The molecule has 1 aromatic heterocycles. The number of aromatic nitrogens is 2. The average Bonchev–Trinajstić information content (AvgIpc) is 3.72. The minimum absolute atomic E-state index is 0.0273. The van der Waals surface area contributed by atoms with Gasteiger partial charge in [-0.25, -0.2) is 0 Å². The molecule has 3 heterocycles. The number of ether oxygens (including phenoxy) is 5. The van der Waals surface area contributed by atoms with Crippen LogP contribution in [-0.4, -0.2) is 168 Å². The Balaban J connectivity index is 0.857. The number of benzene rings is 2. The molecule has 1 atom stereocenters. The highest BCUT2D eigenvalue weighted by atomic mass is 35.5. The van der Waals surface area contributed by atoms with Crippen LogP contribution >= 0.6 is 23.2 Å². The average molecular weight is 989 g/mol. The van der Waals surface area contributed by atoms with Crippen molar-refractivity contribution in [2.75, 3.05) is 110 Å². The summed E-state index contributed by atoms with van der Waals surface area (Å²) in [7, 11) is 1.47. The smallest absolute Gasteiger partial charge is 0.274 e. The van der Waals surface area contributed by atoms with E-state index >= 15 is 0 Å². The van der Waals surface area contributed by atoms with Gasteiger partial charge in [0.1, 0.15) is 6.04 Å². The van der Waals surface area contributed by atoms with Gasteiger partial charge in [-0.2, -0.15) is 5.10 Å². The summed E-state index contributed by atoms with van der Waals surface area (Å²) in [6.07, 6.45) is 4.10. The zero-order valence-corrected chi connectivity index (χ0v) is 39.4. The molecule has 2 saturated heterocycles. The van der Waals surface area contributed by atoms with Crippen molar-refractivity contribution in [1.82, 2.24) is 35.9 Å². The first-order valence-electron chi connectivity index (χ1n) is 22.4. The molecule has 23 heteroatoms. The van der Waals surface area contributed by atoms with E-state index in [1.165, 1.54) is 28.9 Å². The Kier molecular flexibility index (Phi) is 22.6. The van der Waals surface area contributed by atoms with Gasteiger partial charge in [-0.15, -0.1) is 0 Å². The molecule has 68 heavy (non-hydrogen) atoms. The summed E-state index contributed by atoms with van der Waals surface area (Å²) in [5, 5.41) is 21.9. The Hall–Kier alpha value is -5.52. The normalized spacial score (nSPS) is 15.1. The molecule has 1 unspecified atom stereocenters. The SMILES string of the molecule is CN(C(=O)c1cccc(NCCOCCOCCOCCOCCOCCC(=O)NCCn2cc(NC(=O)c3c(Cl)cccc3Cl)c(C(=O)NC3CCNCC3)n2)c1C=O)C1CCC(=O)NC1=O. The van der Waals surface area contributed by atoms with Gasteiger partial charge in [0.05, 0.1) is 105 Å². The maximum atomic E-state index is 13.3. The molecule has 0 aliphatic carbocycles. The van der Waals surface area contributed by atoms with Gasteiger partial charge in [-0.1, -0.05) is 35.3 Å². The van der Waals surface area contributed by atoms with E-state index in [1.807, 2.05) is 0 Å². The number of carbonyl (C=O) groups excluding carboxylic acids is 7. The summed E-state index contributed by atoms with van der Waals surface area (Å²) in [4.78, 5) is 89.0. The van der Waals surface area contributed by atoms with Crippen LogP contribution in [0.4, 0.5) is 11.4 Å². The standard InChI is InChI=1S/C45H59Cl2N9O12/c1-55(37-8-9-39(59)53-42(37)60)45(63)31-4-2-7-35(32(31)29-57)49-16-19-65-21-23-67-25-27-68-26-24-66-22-20-64-18-12-38(58)50-15-17-56-28-36(52-43(61)40-33(46)5-3-6-34(40)47)41(54-56)44(62)51-30-10-13-48-14-11-30/h2-7,28-30,37,48-49H,8-27H2,1H3,(H,50,58)(H,51,62)(H,52,61)(H,53,59,60). The third-order valence-electron chi connectivity index (χ3n) is 10.7. The maximum Gasteiger partial charge on any atom is 0.274 e. The van der Waals surface area contributed by atoms with E-state index < -0.39 is 29.7 Å². The highest BCUT2D eigenvalue weighted by molar-refractivity contribution is 6.40. The zero-order chi connectivity index (χ0) is 48.7. The van der Waals surface area contributed by atoms with E-state index in [-0.39, 0.29) is 94.9 Å². The van der Waals surface area contributed by atoms with Gasteiger partial charge in [0.15, 0.2) is 12.0 Å². The number of anilines is 2. The molecule has 370 valence electrons. The van der Waals surface area contributed by atoms with Crippen molar-refractivity contribution in [3.05, 3.63) is 75.0 Å². The number of nitrogens with one attached hydrogen (secondary N) is 6. The third-order valence-corrected chi connectivity index (χ3v) is 11.4. The van der Waals surface area contributed by atoms with Crippen molar-refractivity contribution >= 4 is 76.3 Å². The Morgan fingerprint density at radius 3 is 2.06 bits per heavy atom. The first-order valence-corrected chi connectivity index (χ1v) is 23.1. The van der Waals surface area contributed by atoms with Crippen molar-refractivity contribution in [1.29, 1.82) is 0 Å². The van der Waals surface area contributed by atoms with Gasteiger partial charge in [-0.05, 0) is 56.6 Å². The number of halogens is 2. The molecule has 6 N–H and O–H groups in total.